The third-order valence-electron chi connectivity index (χ3n) is 1.66. The SMILES string of the molecule is CCCC(F)[SiH]1O[SiH2]O[SiH2]O[SiH2]O1. The Kier molecular flexibility index (Phi) is 6.31. The van der Waals surface area contributed by atoms with Crippen LogP contribution in [0.1, 0.15) is 19.8 Å². The van der Waals surface area contributed by atoms with Gasteiger partial charge in [0.05, 0.1) is 0 Å². The van der Waals surface area contributed by atoms with Crippen LogP contribution >= 0.6 is 0 Å². The van der Waals surface area contributed by atoms with Crippen LogP contribution < -0.4 is 0 Å². The minimum atomic E-state index is -2.08. The Hall–Kier alpha value is 0.638. The van der Waals surface area contributed by atoms with E-state index in [1.165, 1.54) is 0 Å². The number of hydrogen-bond donors (Lipinski definition) is 0. The predicted molar refractivity (Wildman–Crippen MR) is 56.9 cm³/mol. The van der Waals surface area contributed by atoms with E-state index >= 15 is 0 Å². The first-order valence-electron chi connectivity index (χ1n) is 4.37. The molecule has 4 nitrogen and oxygen atoms in total. The van der Waals surface area contributed by atoms with Gasteiger partial charge >= 0.3 is 9.28 Å². The molecule has 9 heteroatoms. The zero-order chi connectivity index (χ0) is 9.52. The molecule has 1 aliphatic heterocycles. The van der Waals surface area contributed by atoms with Gasteiger partial charge in [0.1, 0.15) is 5.79 Å². The Balaban J connectivity index is 2.27. The largest absolute Gasteiger partial charge is 0.425 e. The standard InChI is InChI=1S/C4H15FO4Si4/c1-2-3-4(5)13-8-11-6-10-7-12-9-13/h4,13H,2-3,10-12H2,1H3. The molecular weight excluding hydrogens is 243 g/mol. The molecule has 1 saturated heterocycles. The quantitative estimate of drug-likeness (QED) is 0.547. The molecule has 0 aliphatic carbocycles. The summed E-state index contributed by atoms with van der Waals surface area (Å²) < 4.78 is 34.4. The molecule has 13 heavy (non-hydrogen) atoms. The Morgan fingerprint density at radius 3 is 2.38 bits per heavy atom. The minimum Gasteiger partial charge on any atom is -0.425 e. The molecule has 1 heterocycles. The van der Waals surface area contributed by atoms with E-state index in [4.69, 9.17) is 16.5 Å². The first kappa shape index (κ1) is 11.7. The van der Waals surface area contributed by atoms with Crippen molar-refractivity contribution in [2.75, 3.05) is 0 Å². The molecule has 1 aliphatic rings. The van der Waals surface area contributed by atoms with E-state index < -0.39 is 45.1 Å². The third-order valence-corrected chi connectivity index (χ3v) is 8.97. The van der Waals surface area contributed by atoms with Crippen molar-refractivity contribution in [1.29, 1.82) is 0 Å². The minimum absolute atomic E-state index is 0.539. The average molecular weight is 259 g/mol. The van der Waals surface area contributed by atoms with Crippen molar-refractivity contribution in [3.63, 3.8) is 0 Å². The van der Waals surface area contributed by atoms with Crippen LogP contribution in [0.3, 0.4) is 0 Å². The maximum absolute atomic E-state index is 13.4. The number of hydrogen-bond acceptors (Lipinski definition) is 4. The smallest absolute Gasteiger partial charge is 0.338 e. The monoisotopic (exact) mass is 258 g/mol. The van der Waals surface area contributed by atoms with E-state index in [2.05, 4.69) is 0 Å². The van der Waals surface area contributed by atoms with Gasteiger partial charge in [0.25, 0.3) is 30.0 Å². The average Bonchev–Trinajstić information content (AvgIpc) is 2.03. The molecule has 1 rings (SSSR count). The highest BCUT2D eigenvalue weighted by molar-refractivity contribution is 6.60. The lowest BCUT2D eigenvalue weighted by atomic mass is 10.4. The van der Waals surface area contributed by atoms with Gasteiger partial charge in [0, 0.05) is 0 Å². The van der Waals surface area contributed by atoms with E-state index in [1.807, 2.05) is 6.92 Å². The third kappa shape index (κ3) is 4.60. The number of halogens is 1. The molecule has 1 fully saturated rings. The summed E-state index contributed by atoms with van der Waals surface area (Å²) in [6, 6.07) is 0. The molecule has 0 aromatic heterocycles. The lowest BCUT2D eigenvalue weighted by Crippen LogP contribution is -2.40. The normalized spacial score (nSPS) is 33.2. The Morgan fingerprint density at radius 2 is 1.85 bits per heavy atom. The maximum atomic E-state index is 13.4. The Bertz CT molecular complexity index is 133. The maximum Gasteiger partial charge on any atom is 0.338 e. The second kappa shape index (κ2) is 7.00. The van der Waals surface area contributed by atoms with Crippen molar-refractivity contribution in [3.8, 4) is 0 Å². The van der Waals surface area contributed by atoms with Crippen LogP contribution in [0, 0.1) is 0 Å². The molecule has 0 spiro atoms. The van der Waals surface area contributed by atoms with Crippen molar-refractivity contribution in [2.45, 2.75) is 25.6 Å². The summed E-state index contributed by atoms with van der Waals surface area (Å²) in [7, 11) is -4.92. The molecule has 1 unspecified atom stereocenters. The van der Waals surface area contributed by atoms with E-state index in [1.54, 1.807) is 0 Å². The van der Waals surface area contributed by atoms with Crippen LogP contribution in [0.2, 0.25) is 0 Å². The summed E-state index contributed by atoms with van der Waals surface area (Å²) in [5.41, 5.74) is 0. The molecule has 0 bridgehead atoms. The topological polar surface area (TPSA) is 36.9 Å². The van der Waals surface area contributed by atoms with Crippen molar-refractivity contribution in [1.82, 2.24) is 0 Å². The molecule has 0 aromatic rings. The van der Waals surface area contributed by atoms with Gasteiger partial charge in [0.2, 0.25) is 0 Å². The molecule has 0 aromatic carbocycles. The molecule has 78 valence electrons. The Labute approximate surface area is 86.1 Å². The van der Waals surface area contributed by atoms with E-state index in [0.717, 1.165) is 6.42 Å². The summed E-state index contributed by atoms with van der Waals surface area (Å²) in [5.74, 6) is -0.892. The van der Waals surface area contributed by atoms with Crippen molar-refractivity contribution >= 4 is 39.3 Å². The van der Waals surface area contributed by atoms with E-state index in [-0.39, 0.29) is 0 Å². The summed E-state index contributed by atoms with van der Waals surface area (Å²) >= 11 is 0. The highest BCUT2D eigenvalue weighted by atomic mass is 28.4. The van der Waals surface area contributed by atoms with Gasteiger partial charge in [-0.3, -0.25) is 0 Å². The van der Waals surface area contributed by atoms with Crippen LogP contribution in [0.5, 0.6) is 0 Å². The van der Waals surface area contributed by atoms with Gasteiger partial charge in [-0.25, -0.2) is 4.39 Å². The molecule has 0 N–H and O–H groups in total. The van der Waals surface area contributed by atoms with E-state index in [9.17, 15) is 4.39 Å². The van der Waals surface area contributed by atoms with Gasteiger partial charge in [0.15, 0.2) is 0 Å². The van der Waals surface area contributed by atoms with Crippen molar-refractivity contribution in [2.24, 2.45) is 0 Å². The van der Waals surface area contributed by atoms with Gasteiger partial charge in [-0.05, 0) is 6.42 Å². The first-order chi connectivity index (χ1) is 6.34. The zero-order valence-electron chi connectivity index (χ0n) is 7.70. The molecular formula is C4H15FO4Si4. The van der Waals surface area contributed by atoms with E-state index in [0.29, 0.717) is 6.42 Å². The highest BCUT2D eigenvalue weighted by Gasteiger charge is 2.26. The lowest BCUT2D eigenvalue weighted by Gasteiger charge is -2.22. The van der Waals surface area contributed by atoms with Gasteiger partial charge in [-0.15, -0.1) is 0 Å². The number of rotatable bonds is 3. The fourth-order valence-electron chi connectivity index (χ4n) is 1.03. The lowest BCUT2D eigenvalue weighted by molar-refractivity contribution is 0.274. The molecule has 0 radical (unpaired) electrons. The summed E-state index contributed by atoms with van der Waals surface area (Å²) in [4.78, 5) is 0. The van der Waals surface area contributed by atoms with Crippen molar-refractivity contribution in [3.05, 3.63) is 0 Å². The Morgan fingerprint density at radius 1 is 1.23 bits per heavy atom. The van der Waals surface area contributed by atoms with Crippen LogP contribution in [0.15, 0.2) is 0 Å². The first-order valence-corrected chi connectivity index (χ1v) is 9.44. The molecule has 1 atom stereocenters. The fourth-order valence-corrected chi connectivity index (χ4v) is 10.2. The fraction of sp³-hybridized carbons (Fsp3) is 1.00. The number of alkyl halides is 1. The van der Waals surface area contributed by atoms with Gasteiger partial charge in [-0.1, -0.05) is 13.3 Å². The second-order valence-electron chi connectivity index (χ2n) is 2.77. The zero-order valence-corrected chi connectivity index (χ0v) is 13.1. The van der Waals surface area contributed by atoms with Crippen LogP contribution in [0.25, 0.3) is 0 Å². The molecule has 0 saturated carbocycles. The second-order valence-corrected chi connectivity index (χ2v) is 10.9. The van der Waals surface area contributed by atoms with Crippen molar-refractivity contribution < 1.29 is 20.9 Å². The summed E-state index contributed by atoms with van der Waals surface area (Å²) in [6.45, 7) is 1.96. The molecule has 0 amide bonds. The summed E-state index contributed by atoms with van der Waals surface area (Å²) in [6.07, 6.45) is 1.37. The predicted octanol–water partition coefficient (Wildman–Crippen LogP) is -2.04. The van der Waals surface area contributed by atoms with Gasteiger partial charge < -0.3 is 16.5 Å². The van der Waals surface area contributed by atoms with Crippen LogP contribution in [0.4, 0.5) is 4.39 Å². The van der Waals surface area contributed by atoms with Crippen LogP contribution in [-0.4, -0.2) is 45.1 Å². The van der Waals surface area contributed by atoms with Gasteiger partial charge in [-0.2, -0.15) is 0 Å². The highest BCUT2D eigenvalue weighted by Crippen LogP contribution is 2.08. The van der Waals surface area contributed by atoms with Crippen LogP contribution in [-0.2, 0) is 16.5 Å². The summed E-state index contributed by atoms with van der Waals surface area (Å²) in [5, 5.41) is 0.